The highest BCUT2D eigenvalue weighted by molar-refractivity contribution is 5.41. The first kappa shape index (κ1) is 15.3. The van der Waals surface area contributed by atoms with Gasteiger partial charge in [-0.25, -0.2) is 0 Å². The normalized spacial score (nSPS) is 38.7. The molecule has 0 spiro atoms. The molecule has 124 valence electrons. The van der Waals surface area contributed by atoms with E-state index in [1.54, 1.807) is 23.8 Å². The molecule has 2 saturated carbocycles. The van der Waals surface area contributed by atoms with Gasteiger partial charge in [-0.1, -0.05) is 38.5 Å². The maximum Gasteiger partial charge on any atom is 0.119 e. The summed E-state index contributed by atoms with van der Waals surface area (Å²) in [5.41, 5.74) is 5.13. The van der Waals surface area contributed by atoms with E-state index in [0.717, 1.165) is 29.4 Å². The molecule has 3 aliphatic rings. The summed E-state index contributed by atoms with van der Waals surface area (Å²) in [6.07, 6.45) is 7.86. The lowest BCUT2D eigenvalue weighted by Crippen LogP contribution is -2.44. The zero-order chi connectivity index (χ0) is 16.2. The summed E-state index contributed by atoms with van der Waals surface area (Å²) in [5.74, 6) is 4.31. The van der Waals surface area contributed by atoms with E-state index >= 15 is 0 Å². The Morgan fingerprint density at radius 2 is 2.09 bits per heavy atom. The topological polar surface area (TPSA) is 9.23 Å². The summed E-state index contributed by atoms with van der Waals surface area (Å²) in [4.78, 5) is 0. The zero-order valence-corrected chi connectivity index (χ0v) is 14.9. The Labute approximate surface area is 141 Å². The number of allylic oxidation sites excluding steroid dienone is 1. The number of aryl methyl sites for hydroxylation is 1. The molecule has 0 bridgehead atoms. The first-order chi connectivity index (χ1) is 11.1. The molecule has 5 atom stereocenters. The maximum atomic E-state index is 5.46. The fourth-order valence-corrected chi connectivity index (χ4v) is 6.29. The van der Waals surface area contributed by atoms with Gasteiger partial charge in [-0.2, -0.15) is 0 Å². The summed E-state index contributed by atoms with van der Waals surface area (Å²) >= 11 is 0. The molecule has 0 aromatic heterocycles. The third-order valence-electron chi connectivity index (χ3n) is 7.54. The minimum absolute atomic E-state index is 0.409. The van der Waals surface area contributed by atoms with Gasteiger partial charge in [0, 0.05) is 0 Å². The predicted octanol–water partition coefficient (Wildman–Crippen LogP) is 5.74. The molecule has 23 heavy (non-hydrogen) atoms. The Morgan fingerprint density at radius 1 is 1.26 bits per heavy atom. The highest BCUT2D eigenvalue weighted by Gasteiger charge is 2.54. The van der Waals surface area contributed by atoms with E-state index in [-0.39, 0.29) is 0 Å². The Hall–Kier alpha value is -1.24. The lowest BCUT2D eigenvalue weighted by atomic mass is 9.51. The number of fused-ring (bicyclic) bond motifs is 5. The first-order valence-electron chi connectivity index (χ1n) is 9.43. The van der Waals surface area contributed by atoms with E-state index in [2.05, 4.69) is 38.6 Å². The van der Waals surface area contributed by atoms with E-state index in [9.17, 15) is 0 Å². The third kappa shape index (κ3) is 2.12. The smallest absolute Gasteiger partial charge is 0.119 e. The summed E-state index contributed by atoms with van der Waals surface area (Å²) in [6.45, 7) is 9.38. The molecule has 0 aliphatic heterocycles. The van der Waals surface area contributed by atoms with Crippen molar-refractivity contribution in [3.05, 3.63) is 41.5 Å². The molecule has 0 unspecified atom stereocenters. The van der Waals surface area contributed by atoms with Crippen molar-refractivity contribution in [1.29, 1.82) is 0 Å². The van der Waals surface area contributed by atoms with Gasteiger partial charge < -0.3 is 4.74 Å². The minimum Gasteiger partial charge on any atom is -0.497 e. The predicted molar refractivity (Wildman–Crippen MR) is 95.9 cm³/mol. The van der Waals surface area contributed by atoms with Crippen LogP contribution in [0.3, 0.4) is 0 Å². The molecule has 1 aromatic rings. The minimum atomic E-state index is 0.409. The van der Waals surface area contributed by atoms with E-state index in [0.29, 0.717) is 5.41 Å². The number of methoxy groups -OCH3 is 1. The molecule has 0 N–H and O–H groups in total. The average molecular weight is 310 g/mol. The number of benzene rings is 1. The fraction of sp³-hybridized carbons (Fsp3) is 0.636. The van der Waals surface area contributed by atoms with Crippen LogP contribution in [-0.4, -0.2) is 7.11 Å². The number of hydrogen-bond donors (Lipinski definition) is 0. The molecule has 1 aromatic carbocycles. The Balaban J connectivity index is 1.77. The van der Waals surface area contributed by atoms with Gasteiger partial charge in [0.05, 0.1) is 7.11 Å². The Morgan fingerprint density at radius 3 is 2.83 bits per heavy atom. The summed E-state index contributed by atoms with van der Waals surface area (Å²) < 4.78 is 5.46. The molecule has 4 rings (SSSR count). The molecule has 3 aliphatic carbocycles. The van der Waals surface area contributed by atoms with Crippen molar-refractivity contribution in [2.24, 2.45) is 23.2 Å². The van der Waals surface area contributed by atoms with Crippen LogP contribution in [0.2, 0.25) is 0 Å². The van der Waals surface area contributed by atoms with E-state index in [4.69, 9.17) is 4.74 Å². The van der Waals surface area contributed by atoms with Crippen molar-refractivity contribution in [3.8, 4) is 5.75 Å². The van der Waals surface area contributed by atoms with Crippen LogP contribution in [0, 0.1) is 23.2 Å². The first-order valence-corrected chi connectivity index (χ1v) is 9.43. The quantitative estimate of drug-likeness (QED) is 0.633. The average Bonchev–Trinajstić information content (AvgIpc) is 2.88. The van der Waals surface area contributed by atoms with Crippen molar-refractivity contribution in [2.45, 2.75) is 58.3 Å². The maximum absolute atomic E-state index is 5.46. The second-order valence-electron chi connectivity index (χ2n) is 8.33. The van der Waals surface area contributed by atoms with Crippen molar-refractivity contribution in [2.75, 3.05) is 7.11 Å². The zero-order valence-electron chi connectivity index (χ0n) is 14.9. The van der Waals surface area contributed by atoms with E-state index in [1.165, 1.54) is 38.5 Å². The van der Waals surface area contributed by atoms with Gasteiger partial charge in [0.25, 0.3) is 0 Å². The Bertz CT molecular complexity index is 631. The third-order valence-corrected chi connectivity index (χ3v) is 7.54. The second kappa shape index (κ2) is 5.40. The molecule has 1 nitrogen and oxygen atoms in total. The van der Waals surface area contributed by atoms with Gasteiger partial charge in [0.2, 0.25) is 0 Å². The van der Waals surface area contributed by atoms with Crippen LogP contribution in [0.4, 0.5) is 0 Å². The van der Waals surface area contributed by atoms with Crippen LogP contribution in [0.5, 0.6) is 5.75 Å². The summed E-state index contributed by atoms with van der Waals surface area (Å²) in [5, 5.41) is 0. The largest absolute Gasteiger partial charge is 0.497 e. The molecule has 0 amide bonds. The van der Waals surface area contributed by atoms with Crippen LogP contribution < -0.4 is 4.74 Å². The monoisotopic (exact) mass is 310 g/mol. The number of rotatable bonds is 2. The highest BCUT2D eigenvalue weighted by atomic mass is 16.5. The number of hydrogen-bond acceptors (Lipinski definition) is 1. The standard InChI is InChI=1S/C22H30O/c1-5-15-13-22(3)14(2)6-11-20(22)19-9-7-16-12-17(23-4)8-10-18(16)21(15)19/h8,10,12,15,19-21H,2,5-7,9,11,13H2,1,3-4H3/t15-,19-,20+,21+,22+/m0/s1. The summed E-state index contributed by atoms with van der Waals surface area (Å²) in [7, 11) is 1.78. The SMILES string of the molecule is C=C1CC[C@@H]2[C@@H]3CCc4cc(OC)ccc4[C@H]3[C@@H](CC)C[C@]12C. The molecular formula is C22H30O. The fourth-order valence-electron chi connectivity index (χ4n) is 6.29. The molecular weight excluding hydrogens is 280 g/mol. The lowest BCUT2D eigenvalue weighted by Gasteiger charge is -2.53. The van der Waals surface area contributed by atoms with Crippen LogP contribution in [0.15, 0.2) is 30.4 Å². The van der Waals surface area contributed by atoms with E-state index < -0.39 is 0 Å². The van der Waals surface area contributed by atoms with Crippen molar-refractivity contribution in [3.63, 3.8) is 0 Å². The second-order valence-corrected chi connectivity index (χ2v) is 8.33. The van der Waals surface area contributed by atoms with Gasteiger partial charge in [0.1, 0.15) is 5.75 Å². The lowest BCUT2D eigenvalue weighted by molar-refractivity contribution is 0.0350. The molecule has 0 heterocycles. The van der Waals surface area contributed by atoms with Crippen molar-refractivity contribution in [1.82, 2.24) is 0 Å². The highest BCUT2D eigenvalue weighted by Crippen LogP contribution is 2.64. The van der Waals surface area contributed by atoms with Gasteiger partial charge >= 0.3 is 0 Å². The van der Waals surface area contributed by atoms with E-state index in [1.807, 2.05) is 0 Å². The van der Waals surface area contributed by atoms with Gasteiger partial charge in [-0.3, -0.25) is 0 Å². The van der Waals surface area contributed by atoms with Crippen LogP contribution in [0.25, 0.3) is 0 Å². The van der Waals surface area contributed by atoms with Crippen LogP contribution in [0.1, 0.15) is 63.0 Å². The van der Waals surface area contributed by atoms with Gasteiger partial charge in [-0.15, -0.1) is 0 Å². The number of ether oxygens (including phenoxy) is 1. The van der Waals surface area contributed by atoms with Crippen LogP contribution >= 0.6 is 0 Å². The molecule has 0 saturated heterocycles. The van der Waals surface area contributed by atoms with Gasteiger partial charge in [-0.05, 0) is 84.5 Å². The Kier molecular flexibility index (Phi) is 3.59. The molecule has 1 heteroatoms. The summed E-state index contributed by atoms with van der Waals surface area (Å²) in [6, 6.07) is 6.84. The van der Waals surface area contributed by atoms with Crippen molar-refractivity contribution < 1.29 is 4.74 Å². The molecule has 2 fully saturated rings. The van der Waals surface area contributed by atoms with Crippen molar-refractivity contribution >= 4 is 0 Å². The van der Waals surface area contributed by atoms with Gasteiger partial charge in [0.15, 0.2) is 0 Å². The van der Waals surface area contributed by atoms with Crippen LogP contribution in [-0.2, 0) is 6.42 Å². The molecule has 0 radical (unpaired) electrons.